The normalized spacial score (nSPS) is 25.8. The second-order valence-electron chi connectivity index (χ2n) is 4.57. The van der Waals surface area contributed by atoms with Crippen LogP contribution in [0.15, 0.2) is 0 Å². The van der Waals surface area contributed by atoms with E-state index in [0.717, 1.165) is 11.4 Å². The van der Waals surface area contributed by atoms with Crippen molar-refractivity contribution in [1.29, 1.82) is 0 Å². The van der Waals surface area contributed by atoms with E-state index in [0.29, 0.717) is 16.5 Å². The lowest BCUT2D eigenvalue weighted by atomic mass is 10.4. The largest absolute Gasteiger partial charge is 0.372 e. The van der Waals surface area contributed by atoms with Gasteiger partial charge in [0, 0.05) is 5.75 Å². The third kappa shape index (κ3) is 3.82. The van der Waals surface area contributed by atoms with Gasteiger partial charge >= 0.3 is 0 Å². The number of nitrogens with zero attached hydrogens (tertiary/aromatic N) is 1. The van der Waals surface area contributed by atoms with Gasteiger partial charge < -0.3 is 9.63 Å². The van der Waals surface area contributed by atoms with Gasteiger partial charge in [0.2, 0.25) is 5.91 Å². The molecule has 0 aliphatic carbocycles. The molecule has 0 radical (unpaired) electrons. The first-order valence-electron chi connectivity index (χ1n) is 6.87. The molecule has 1 heterocycles. The predicted molar refractivity (Wildman–Crippen MR) is 82.5 cm³/mol. The maximum Gasteiger partial charge on any atom is 0.277 e. The molecule has 1 saturated heterocycles. The van der Waals surface area contributed by atoms with Crippen molar-refractivity contribution in [1.82, 2.24) is 4.31 Å². The van der Waals surface area contributed by atoms with Crippen molar-refractivity contribution in [2.75, 3.05) is 12.4 Å². The summed E-state index contributed by atoms with van der Waals surface area (Å²) in [5.74, 6) is -0.250. The average molecular weight is 359 g/mol. The van der Waals surface area contributed by atoms with Gasteiger partial charge in [-0.25, -0.2) is 12.7 Å². The first-order valence-corrected chi connectivity index (χ1v) is 11.7. The summed E-state index contributed by atoms with van der Waals surface area (Å²) in [4.78, 5) is 10.5. The summed E-state index contributed by atoms with van der Waals surface area (Å²) in [5, 5.41) is 9.74. The number of carbonyl (C=O) groups is 1. The van der Waals surface area contributed by atoms with Crippen molar-refractivity contribution in [2.45, 2.75) is 51.3 Å². The highest BCUT2D eigenvalue weighted by Gasteiger charge is 2.56. The zero-order valence-corrected chi connectivity index (χ0v) is 14.9. The molecule has 1 rings (SSSR count). The molecule has 1 fully saturated rings. The minimum absolute atomic E-state index is 0.0821. The van der Waals surface area contributed by atoms with Gasteiger partial charge in [-0.3, -0.25) is 9.36 Å². The van der Waals surface area contributed by atoms with Crippen molar-refractivity contribution < 1.29 is 27.4 Å². The van der Waals surface area contributed by atoms with Crippen LogP contribution in [0.3, 0.4) is 0 Å². The quantitative estimate of drug-likeness (QED) is 0.661. The number of aliphatic hydroxyl groups is 1. The number of sulfonamides is 1. The molecule has 0 saturated carbocycles. The zero-order valence-electron chi connectivity index (χ0n) is 12.4. The molecule has 3 unspecified atom stereocenters. The highest BCUT2D eigenvalue weighted by atomic mass is 32.7. The Balaban J connectivity index is 3.17. The number of rotatable bonds is 8. The molecular weight excluding hydrogens is 337 g/mol. The van der Waals surface area contributed by atoms with Crippen LogP contribution >= 0.6 is 18.0 Å². The van der Waals surface area contributed by atoms with Gasteiger partial charge in [0.1, 0.15) is 6.23 Å². The molecule has 0 spiro atoms. The van der Waals surface area contributed by atoms with Crippen LogP contribution in [0.1, 0.15) is 40.0 Å². The first-order chi connectivity index (χ1) is 9.74. The lowest BCUT2D eigenvalue weighted by Crippen LogP contribution is -2.40. The summed E-state index contributed by atoms with van der Waals surface area (Å²) in [6.07, 6.45) is -1.03. The lowest BCUT2D eigenvalue weighted by Gasteiger charge is -2.25. The fourth-order valence-electron chi connectivity index (χ4n) is 2.00. The molecule has 10 heteroatoms. The average Bonchev–Trinajstić information content (AvgIpc) is 2.66. The summed E-state index contributed by atoms with van der Waals surface area (Å²) >= 11 is 0.965. The van der Waals surface area contributed by atoms with E-state index < -0.39 is 40.1 Å². The standard InChI is InChI=1S/C11H22NO6PS2/c1-4-7-20-19(15,18-6-3)11-8-10(14)12(9(13)5-2)21(11,16)17/h9,11,13H,4-8H2,1-3H3. The van der Waals surface area contributed by atoms with Crippen LogP contribution in [0.25, 0.3) is 0 Å². The maximum atomic E-state index is 12.9. The van der Waals surface area contributed by atoms with Gasteiger partial charge in [-0.05, 0) is 19.8 Å². The van der Waals surface area contributed by atoms with E-state index in [9.17, 15) is 22.9 Å². The summed E-state index contributed by atoms with van der Waals surface area (Å²) in [5.41, 5.74) is 0. The monoisotopic (exact) mass is 359 g/mol. The number of hydrogen-bond donors (Lipinski definition) is 1. The van der Waals surface area contributed by atoms with Gasteiger partial charge in [0.25, 0.3) is 16.6 Å². The van der Waals surface area contributed by atoms with Crippen molar-refractivity contribution >= 4 is 33.9 Å². The van der Waals surface area contributed by atoms with Gasteiger partial charge in [-0.1, -0.05) is 25.2 Å². The molecule has 0 aromatic carbocycles. The fraction of sp³-hybridized carbons (Fsp3) is 0.909. The molecule has 124 valence electrons. The second kappa shape index (κ2) is 7.46. The van der Waals surface area contributed by atoms with Crippen LogP contribution in [0.5, 0.6) is 0 Å². The number of amides is 1. The molecule has 1 aliphatic heterocycles. The van der Waals surface area contributed by atoms with Crippen LogP contribution in [-0.2, 0) is 23.9 Å². The van der Waals surface area contributed by atoms with E-state index in [2.05, 4.69) is 0 Å². The van der Waals surface area contributed by atoms with Crippen LogP contribution < -0.4 is 0 Å². The Kier molecular flexibility index (Phi) is 6.74. The topological polar surface area (TPSA) is 101 Å². The Hall–Kier alpha value is -0.0800. The van der Waals surface area contributed by atoms with E-state index in [-0.39, 0.29) is 13.0 Å². The molecular formula is C11H22NO6PS2. The molecule has 0 aromatic heterocycles. The van der Waals surface area contributed by atoms with E-state index in [1.165, 1.54) is 0 Å². The van der Waals surface area contributed by atoms with Crippen LogP contribution in [0.2, 0.25) is 0 Å². The van der Waals surface area contributed by atoms with E-state index in [1.54, 1.807) is 13.8 Å². The Bertz CT molecular complexity index is 523. The molecule has 1 aliphatic rings. The fourth-order valence-corrected chi connectivity index (χ4v) is 10.9. The number of carbonyl (C=O) groups excluding carboxylic acids is 1. The first kappa shape index (κ1) is 19.0. The SMILES string of the molecule is CCCSP(=O)(OCC)C1CC(=O)N(C(O)CC)S1(=O)=O. The van der Waals surface area contributed by atoms with Gasteiger partial charge in [-0.2, -0.15) is 0 Å². The van der Waals surface area contributed by atoms with Crippen molar-refractivity contribution in [3.05, 3.63) is 0 Å². The van der Waals surface area contributed by atoms with Crippen molar-refractivity contribution in [2.24, 2.45) is 0 Å². The summed E-state index contributed by atoms with van der Waals surface area (Å²) in [7, 11) is -4.17. The molecule has 0 bridgehead atoms. The van der Waals surface area contributed by atoms with Crippen LogP contribution in [-0.4, -0.2) is 47.3 Å². The van der Waals surface area contributed by atoms with Gasteiger partial charge in [-0.15, -0.1) is 0 Å². The lowest BCUT2D eigenvalue weighted by molar-refractivity contribution is -0.131. The highest BCUT2D eigenvalue weighted by Crippen LogP contribution is 2.67. The Morgan fingerprint density at radius 1 is 1.48 bits per heavy atom. The van der Waals surface area contributed by atoms with Crippen LogP contribution in [0.4, 0.5) is 0 Å². The molecule has 0 aromatic rings. The van der Waals surface area contributed by atoms with Crippen molar-refractivity contribution in [3.63, 3.8) is 0 Å². The van der Waals surface area contributed by atoms with Gasteiger partial charge in [0.05, 0.1) is 13.0 Å². The number of aliphatic hydroxyl groups excluding tert-OH is 1. The number of hydrogen-bond acceptors (Lipinski definition) is 7. The minimum atomic E-state index is -4.17. The highest BCUT2D eigenvalue weighted by molar-refractivity contribution is 8.58. The summed E-state index contributed by atoms with van der Waals surface area (Å²) in [6, 6.07) is 0. The Morgan fingerprint density at radius 2 is 2.10 bits per heavy atom. The van der Waals surface area contributed by atoms with Gasteiger partial charge in [0.15, 0.2) is 4.99 Å². The summed E-state index contributed by atoms with van der Waals surface area (Å²) in [6.45, 7) is 1.60. The zero-order chi connectivity index (χ0) is 16.3. The van der Waals surface area contributed by atoms with E-state index in [4.69, 9.17) is 4.52 Å². The predicted octanol–water partition coefficient (Wildman–Crippen LogP) is 1.98. The third-order valence-electron chi connectivity index (χ3n) is 2.99. The Labute approximate surface area is 129 Å². The minimum Gasteiger partial charge on any atom is -0.372 e. The van der Waals surface area contributed by atoms with E-state index >= 15 is 0 Å². The molecule has 1 amide bonds. The molecule has 3 atom stereocenters. The molecule has 1 N–H and O–H groups in total. The second-order valence-corrected chi connectivity index (χ2v) is 11.8. The maximum absolute atomic E-state index is 12.9. The Morgan fingerprint density at radius 3 is 2.57 bits per heavy atom. The van der Waals surface area contributed by atoms with E-state index in [1.807, 2.05) is 6.92 Å². The molecule has 7 nitrogen and oxygen atoms in total. The summed E-state index contributed by atoms with van der Waals surface area (Å²) < 4.78 is 43.5. The third-order valence-corrected chi connectivity index (χ3v) is 12.0. The smallest absolute Gasteiger partial charge is 0.277 e. The van der Waals surface area contributed by atoms with Crippen molar-refractivity contribution in [3.8, 4) is 0 Å². The van der Waals surface area contributed by atoms with Crippen LogP contribution in [0, 0.1) is 0 Å². The molecule has 21 heavy (non-hydrogen) atoms.